The summed E-state index contributed by atoms with van der Waals surface area (Å²) >= 11 is 0. The van der Waals surface area contributed by atoms with Crippen molar-refractivity contribution in [3.63, 3.8) is 0 Å². The number of allylic oxidation sites excluding steroid dienone is 2. The summed E-state index contributed by atoms with van der Waals surface area (Å²) < 4.78 is 11.7. The molecule has 0 aromatic heterocycles. The molecule has 1 aliphatic heterocycles. The van der Waals surface area contributed by atoms with Crippen molar-refractivity contribution >= 4 is 18.0 Å². The van der Waals surface area contributed by atoms with Crippen molar-refractivity contribution in [1.29, 1.82) is 0 Å². The summed E-state index contributed by atoms with van der Waals surface area (Å²) in [6, 6.07) is 15.4. The highest BCUT2D eigenvalue weighted by molar-refractivity contribution is 6.06. The Bertz CT molecular complexity index is 1120. The molecule has 6 heteroatoms. The Kier molecular flexibility index (Phi) is 4.82. The average Bonchev–Trinajstić information content (AvgIpc) is 3.62. The number of hydrogen-bond donors (Lipinski definition) is 0. The number of nitrogens with zero attached hydrogens (tertiary/aromatic N) is 2. The summed E-state index contributed by atoms with van der Waals surface area (Å²) in [6.07, 6.45) is 7.05. The third kappa shape index (κ3) is 3.36. The summed E-state index contributed by atoms with van der Waals surface area (Å²) in [5, 5.41) is 5.43. The van der Waals surface area contributed by atoms with E-state index in [4.69, 9.17) is 9.47 Å². The van der Waals surface area contributed by atoms with Crippen molar-refractivity contribution < 1.29 is 19.1 Å². The molecule has 1 heterocycles. The second-order valence-corrected chi connectivity index (χ2v) is 9.30. The molecular formula is C27H26N2O4. The normalized spacial score (nSPS) is 31.1. The quantitative estimate of drug-likeness (QED) is 0.369. The van der Waals surface area contributed by atoms with Gasteiger partial charge in [-0.2, -0.15) is 10.1 Å². The van der Waals surface area contributed by atoms with Gasteiger partial charge in [0, 0.05) is 0 Å². The molecule has 6 atom stereocenters. The molecule has 4 aliphatic carbocycles. The van der Waals surface area contributed by atoms with Crippen molar-refractivity contribution in [3.05, 3.63) is 71.8 Å². The minimum Gasteiger partial charge on any atom is -0.490 e. The minimum absolute atomic E-state index is 0.154. The number of benzene rings is 2. The summed E-state index contributed by atoms with van der Waals surface area (Å²) in [7, 11) is 0. The van der Waals surface area contributed by atoms with E-state index in [1.54, 1.807) is 6.21 Å². The van der Waals surface area contributed by atoms with Gasteiger partial charge in [-0.3, -0.25) is 9.59 Å². The van der Waals surface area contributed by atoms with Gasteiger partial charge in [0.2, 0.25) is 0 Å². The maximum Gasteiger partial charge on any atom is 0.254 e. The van der Waals surface area contributed by atoms with Gasteiger partial charge in [-0.25, -0.2) is 0 Å². The number of imide groups is 1. The average molecular weight is 443 g/mol. The fourth-order valence-corrected chi connectivity index (χ4v) is 5.91. The first-order valence-electron chi connectivity index (χ1n) is 11.7. The van der Waals surface area contributed by atoms with Gasteiger partial charge in [-0.05, 0) is 66.3 Å². The third-order valence-electron chi connectivity index (χ3n) is 7.47. The molecule has 0 spiro atoms. The number of rotatable bonds is 7. The van der Waals surface area contributed by atoms with Gasteiger partial charge in [0.15, 0.2) is 11.5 Å². The fourth-order valence-electron chi connectivity index (χ4n) is 5.91. The van der Waals surface area contributed by atoms with Gasteiger partial charge in [0.05, 0.1) is 24.7 Å². The van der Waals surface area contributed by atoms with E-state index in [0.29, 0.717) is 36.5 Å². The van der Waals surface area contributed by atoms with Crippen molar-refractivity contribution in [2.45, 2.75) is 20.0 Å². The Balaban J connectivity index is 1.19. The van der Waals surface area contributed by atoms with Crippen molar-refractivity contribution in [2.24, 2.45) is 40.6 Å². The van der Waals surface area contributed by atoms with E-state index in [-0.39, 0.29) is 35.5 Å². The second kappa shape index (κ2) is 7.87. The van der Waals surface area contributed by atoms with Crippen LogP contribution in [-0.4, -0.2) is 29.6 Å². The molecule has 168 valence electrons. The lowest BCUT2D eigenvalue weighted by atomic mass is 9.63. The van der Waals surface area contributed by atoms with E-state index >= 15 is 0 Å². The number of amides is 2. The van der Waals surface area contributed by atoms with Crippen molar-refractivity contribution in [1.82, 2.24) is 5.01 Å². The Morgan fingerprint density at radius 3 is 2.30 bits per heavy atom. The molecule has 0 radical (unpaired) electrons. The van der Waals surface area contributed by atoms with Crippen LogP contribution >= 0.6 is 0 Å². The molecule has 2 aromatic rings. The van der Waals surface area contributed by atoms with Crippen LogP contribution in [0.4, 0.5) is 0 Å². The van der Waals surface area contributed by atoms with E-state index in [1.807, 2.05) is 55.5 Å². The Morgan fingerprint density at radius 2 is 1.64 bits per heavy atom. The predicted molar refractivity (Wildman–Crippen MR) is 123 cm³/mol. The minimum atomic E-state index is -0.235. The largest absolute Gasteiger partial charge is 0.490 e. The molecule has 33 heavy (non-hydrogen) atoms. The van der Waals surface area contributed by atoms with Crippen LogP contribution in [0.25, 0.3) is 0 Å². The first kappa shape index (κ1) is 20.2. The van der Waals surface area contributed by atoms with E-state index in [2.05, 4.69) is 17.3 Å². The summed E-state index contributed by atoms with van der Waals surface area (Å²) in [5.41, 5.74) is 1.81. The number of carbonyl (C=O) groups is 2. The Hall–Kier alpha value is -3.41. The van der Waals surface area contributed by atoms with Crippen LogP contribution in [0, 0.1) is 35.5 Å². The Labute approximate surface area is 192 Å². The van der Waals surface area contributed by atoms with Gasteiger partial charge in [0.25, 0.3) is 11.8 Å². The van der Waals surface area contributed by atoms with Crippen LogP contribution in [0.3, 0.4) is 0 Å². The lowest BCUT2D eigenvalue weighted by Gasteiger charge is -2.37. The van der Waals surface area contributed by atoms with Crippen LogP contribution in [-0.2, 0) is 16.2 Å². The monoisotopic (exact) mass is 442 g/mol. The molecule has 0 unspecified atom stereocenters. The molecule has 2 saturated carbocycles. The third-order valence-corrected chi connectivity index (χ3v) is 7.47. The smallest absolute Gasteiger partial charge is 0.254 e. The van der Waals surface area contributed by atoms with Gasteiger partial charge in [0.1, 0.15) is 6.61 Å². The molecule has 5 aliphatic rings. The molecule has 2 amide bonds. The molecular weight excluding hydrogens is 416 g/mol. The van der Waals surface area contributed by atoms with E-state index in [1.165, 1.54) is 0 Å². The van der Waals surface area contributed by atoms with Crippen molar-refractivity contribution in [2.75, 3.05) is 6.61 Å². The van der Waals surface area contributed by atoms with Gasteiger partial charge >= 0.3 is 0 Å². The molecule has 0 N–H and O–H groups in total. The highest BCUT2D eigenvalue weighted by atomic mass is 16.5. The standard InChI is InChI=1S/C27H26N2O4/c1-2-32-23-12-17(8-11-22(23)33-15-16-6-4-3-5-7-16)14-28-29-26(30)24-18-9-10-19(21-13-20(18)21)25(24)27(29)31/h3-12,14,18-21,24-25H,2,13,15H2,1H3/b28-14-/t18-,19-,20-,21-,24+,25+/m0/s1. The van der Waals surface area contributed by atoms with Gasteiger partial charge in [-0.15, -0.1) is 0 Å². The molecule has 7 rings (SSSR count). The maximum absolute atomic E-state index is 13.1. The number of hydrogen-bond acceptors (Lipinski definition) is 5. The van der Waals surface area contributed by atoms with Gasteiger partial charge in [-0.1, -0.05) is 42.5 Å². The van der Waals surface area contributed by atoms with E-state index in [0.717, 1.165) is 22.6 Å². The van der Waals surface area contributed by atoms with Crippen LogP contribution in [0.1, 0.15) is 24.5 Å². The van der Waals surface area contributed by atoms with Crippen LogP contribution < -0.4 is 9.47 Å². The highest BCUT2D eigenvalue weighted by Crippen LogP contribution is 2.65. The second-order valence-electron chi connectivity index (χ2n) is 9.30. The zero-order valence-corrected chi connectivity index (χ0v) is 18.5. The first-order valence-corrected chi connectivity index (χ1v) is 11.7. The zero-order chi connectivity index (χ0) is 22.5. The highest BCUT2D eigenvalue weighted by Gasteiger charge is 2.67. The lowest BCUT2D eigenvalue weighted by molar-refractivity contribution is -0.140. The summed E-state index contributed by atoms with van der Waals surface area (Å²) in [4.78, 5) is 26.2. The molecule has 2 aromatic carbocycles. The zero-order valence-electron chi connectivity index (χ0n) is 18.5. The number of hydrazone groups is 1. The topological polar surface area (TPSA) is 68.2 Å². The summed E-state index contributed by atoms with van der Waals surface area (Å²) in [5.74, 6) is 2.03. The molecule has 3 fully saturated rings. The maximum atomic E-state index is 13.1. The van der Waals surface area contributed by atoms with Crippen molar-refractivity contribution in [3.8, 4) is 11.5 Å². The predicted octanol–water partition coefficient (Wildman–Crippen LogP) is 4.05. The lowest BCUT2D eigenvalue weighted by Crippen LogP contribution is -2.40. The summed E-state index contributed by atoms with van der Waals surface area (Å²) in [6.45, 7) is 2.84. The fraction of sp³-hybridized carbons (Fsp3) is 0.370. The SMILES string of the molecule is CCOc1cc(/C=N\N2C(=O)[C@@H]3[C@H]4C=C[C@@H]([C@@H]5C[C@@H]45)[C@H]3C2=O)ccc1OCc1ccccc1. The van der Waals surface area contributed by atoms with E-state index < -0.39 is 0 Å². The number of ether oxygens (including phenoxy) is 2. The van der Waals surface area contributed by atoms with Gasteiger partial charge < -0.3 is 9.47 Å². The van der Waals surface area contributed by atoms with E-state index in [9.17, 15) is 9.59 Å². The molecule has 1 saturated heterocycles. The number of carbonyl (C=O) groups excluding carboxylic acids is 2. The first-order chi connectivity index (χ1) is 16.2. The van der Waals surface area contributed by atoms with Crippen LogP contribution in [0.2, 0.25) is 0 Å². The van der Waals surface area contributed by atoms with Crippen LogP contribution in [0.5, 0.6) is 11.5 Å². The molecule has 6 nitrogen and oxygen atoms in total. The van der Waals surface area contributed by atoms with Crippen LogP contribution in [0.15, 0.2) is 65.8 Å². The molecule has 2 bridgehead atoms. The Morgan fingerprint density at radius 1 is 0.939 bits per heavy atom.